The van der Waals surface area contributed by atoms with Crippen LogP contribution in [0.4, 0.5) is 5.69 Å². The van der Waals surface area contributed by atoms with Crippen molar-refractivity contribution >= 4 is 23.4 Å². The first-order valence-corrected chi connectivity index (χ1v) is 7.33. The van der Waals surface area contributed by atoms with Gasteiger partial charge >= 0.3 is 0 Å². The van der Waals surface area contributed by atoms with Gasteiger partial charge in [0.25, 0.3) is 17.7 Å². The summed E-state index contributed by atoms with van der Waals surface area (Å²) in [6.07, 6.45) is 3.83. The molecule has 6 heteroatoms. The fraction of sp³-hybridized carbons (Fsp3) is 0.176. The molecular formula is C17H15N3O3. The lowest BCUT2D eigenvalue weighted by Crippen LogP contribution is -2.30. The van der Waals surface area contributed by atoms with Crippen molar-refractivity contribution in [2.45, 2.75) is 13.3 Å². The topological polar surface area (TPSA) is 79.4 Å². The van der Waals surface area contributed by atoms with E-state index in [4.69, 9.17) is 0 Å². The van der Waals surface area contributed by atoms with Crippen LogP contribution in [0.3, 0.4) is 0 Å². The predicted molar refractivity (Wildman–Crippen MR) is 84.3 cm³/mol. The number of amides is 3. The van der Waals surface area contributed by atoms with Gasteiger partial charge in [-0.3, -0.25) is 24.3 Å². The maximum Gasteiger partial charge on any atom is 0.261 e. The Kier molecular flexibility index (Phi) is 3.89. The Morgan fingerprint density at radius 1 is 1.17 bits per heavy atom. The van der Waals surface area contributed by atoms with Crippen LogP contribution in [0.25, 0.3) is 0 Å². The smallest absolute Gasteiger partial charge is 0.261 e. The second kappa shape index (κ2) is 6.00. The van der Waals surface area contributed by atoms with Crippen molar-refractivity contribution < 1.29 is 14.4 Å². The average Bonchev–Trinajstić information content (AvgIpc) is 2.81. The van der Waals surface area contributed by atoms with E-state index in [0.29, 0.717) is 29.8 Å². The van der Waals surface area contributed by atoms with Crippen LogP contribution in [0, 0.1) is 0 Å². The van der Waals surface area contributed by atoms with E-state index in [9.17, 15) is 14.4 Å². The largest absolute Gasteiger partial charge is 0.321 e. The summed E-state index contributed by atoms with van der Waals surface area (Å²) in [6, 6.07) is 7.98. The van der Waals surface area contributed by atoms with Crippen LogP contribution in [0.5, 0.6) is 0 Å². The SMILES string of the molecule is CCCN1C(=O)c2ccc(C(=O)Nc3cccnc3)cc2C1=O. The maximum absolute atomic E-state index is 12.3. The molecule has 116 valence electrons. The Bertz CT molecular complexity index is 787. The minimum atomic E-state index is -0.352. The number of aromatic nitrogens is 1. The van der Waals surface area contributed by atoms with Crippen LogP contribution >= 0.6 is 0 Å². The van der Waals surface area contributed by atoms with Crippen molar-refractivity contribution in [2.75, 3.05) is 11.9 Å². The van der Waals surface area contributed by atoms with Gasteiger partial charge in [-0.25, -0.2) is 0 Å². The number of anilines is 1. The number of benzene rings is 1. The van der Waals surface area contributed by atoms with E-state index in [0.717, 1.165) is 0 Å². The zero-order valence-corrected chi connectivity index (χ0v) is 12.6. The number of nitrogens with zero attached hydrogens (tertiary/aromatic N) is 2. The Balaban J connectivity index is 1.86. The minimum absolute atomic E-state index is 0.280. The van der Waals surface area contributed by atoms with Gasteiger partial charge in [-0.2, -0.15) is 0 Å². The maximum atomic E-state index is 12.3. The summed E-state index contributed by atoms with van der Waals surface area (Å²) in [5.74, 6) is -0.996. The first-order chi connectivity index (χ1) is 11.1. The lowest BCUT2D eigenvalue weighted by molar-refractivity contribution is 0.0654. The zero-order valence-electron chi connectivity index (χ0n) is 12.6. The molecular weight excluding hydrogens is 294 g/mol. The molecule has 0 aliphatic carbocycles. The van der Waals surface area contributed by atoms with Gasteiger partial charge in [0.1, 0.15) is 0 Å². The fourth-order valence-electron chi connectivity index (χ4n) is 2.50. The van der Waals surface area contributed by atoms with E-state index in [-0.39, 0.29) is 23.3 Å². The van der Waals surface area contributed by atoms with E-state index in [1.807, 2.05) is 6.92 Å². The second-order valence-electron chi connectivity index (χ2n) is 5.22. The van der Waals surface area contributed by atoms with E-state index in [1.54, 1.807) is 24.4 Å². The number of carbonyl (C=O) groups excluding carboxylic acids is 3. The standard InChI is InChI=1S/C17H15N3O3/c1-2-8-20-16(22)13-6-5-11(9-14(13)17(20)23)15(21)19-12-4-3-7-18-10-12/h3-7,9-10H,2,8H2,1H3,(H,19,21). The number of rotatable bonds is 4. The number of pyridine rings is 1. The molecule has 23 heavy (non-hydrogen) atoms. The molecule has 1 aliphatic rings. The van der Waals surface area contributed by atoms with Crippen LogP contribution in [0.1, 0.15) is 44.4 Å². The zero-order chi connectivity index (χ0) is 16.4. The molecule has 3 rings (SSSR count). The lowest BCUT2D eigenvalue weighted by Gasteiger charge is -2.11. The molecule has 2 aromatic rings. The third-order valence-electron chi connectivity index (χ3n) is 3.60. The van der Waals surface area contributed by atoms with Crippen LogP contribution in [-0.4, -0.2) is 34.2 Å². The highest BCUT2D eigenvalue weighted by atomic mass is 16.2. The van der Waals surface area contributed by atoms with Crippen LogP contribution < -0.4 is 5.32 Å². The number of hydrogen-bond acceptors (Lipinski definition) is 4. The van der Waals surface area contributed by atoms with Gasteiger partial charge in [0.2, 0.25) is 0 Å². The van der Waals surface area contributed by atoms with Gasteiger partial charge in [-0.15, -0.1) is 0 Å². The summed E-state index contributed by atoms with van der Waals surface area (Å²) in [5, 5.41) is 2.70. The molecule has 2 heterocycles. The first kappa shape index (κ1) is 14.9. The van der Waals surface area contributed by atoms with E-state index in [1.165, 1.54) is 23.2 Å². The predicted octanol–water partition coefficient (Wildman–Crippen LogP) is 2.34. The first-order valence-electron chi connectivity index (χ1n) is 7.33. The molecule has 1 aromatic heterocycles. The van der Waals surface area contributed by atoms with Crippen molar-refractivity contribution in [1.29, 1.82) is 0 Å². The summed E-state index contributed by atoms with van der Waals surface area (Å²) < 4.78 is 0. The Morgan fingerprint density at radius 3 is 2.65 bits per heavy atom. The van der Waals surface area contributed by atoms with Crippen molar-refractivity contribution in [3.05, 3.63) is 59.4 Å². The molecule has 0 saturated carbocycles. The Morgan fingerprint density at radius 2 is 1.96 bits per heavy atom. The van der Waals surface area contributed by atoms with Gasteiger partial charge in [-0.1, -0.05) is 6.92 Å². The molecule has 0 radical (unpaired) electrons. The average molecular weight is 309 g/mol. The van der Waals surface area contributed by atoms with Gasteiger partial charge in [0.15, 0.2) is 0 Å². The third-order valence-corrected chi connectivity index (χ3v) is 3.60. The molecule has 3 amide bonds. The number of imide groups is 1. The highest BCUT2D eigenvalue weighted by Gasteiger charge is 2.35. The Labute approximate surface area is 133 Å². The molecule has 6 nitrogen and oxygen atoms in total. The molecule has 0 fully saturated rings. The van der Waals surface area contributed by atoms with Crippen LogP contribution in [0.15, 0.2) is 42.7 Å². The minimum Gasteiger partial charge on any atom is -0.321 e. The molecule has 1 aromatic carbocycles. The highest BCUT2D eigenvalue weighted by Crippen LogP contribution is 2.24. The summed E-state index contributed by atoms with van der Waals surface area (Å²) in [5.41, 5.74) is 1.52. The van der Waals surface area contributed by atoms with Crippen molar-refractivity contribution in [1.82, 2.24) is 9.88 Å². The number of fused-ring (bicyclic) bond motifs is 1. The fourth-order valence-corrected chi connectivity index (χ4v) is 2.50. The number of carbonyl (C=O) groups is 3. The molecule has 0 spiro atoms. The third kappa shape index (κ3) is 2.70. The number of nitrogens with one attached hydrogen (secondary N) is 1. The van der Waals surface area contributed by atoms with Crippen LogP contribution in [-0.2, 0) is 0 Å². The number of hydrogen-bond donors (Lipinski definition) is 1. The normalized spacial score (nSPS) is 13.2. The Hall–Kier alpha value is -3.02. The summed E-state index contributed by atoms with van der Waals surface area (Å²) >= 11 is 0. The van der Waals surface area contributed by atoms with Crippen molar-refractivity contribution in [2.24, 2.45) is 0 Å². The van der Waals surface area contributed by atoms with E-state index in [2.05, 4.69) is 10.3 Å². The highest BCUT2D eigenvalue weighted by molar-refractivity contribution is 6.22. The summed E-state index contributed by atoms with van der Waals surface area (Å²) in [4.78, 5) is 41.9. The van der Waals surface area contributed by atoms with Crippen LogP contribution in [0.2, 0.25) is 0 Å². The van der Waals surface area contributed by atoms with Gasteiger partial charge in [0, 0.05) is 18.3 Å². The monoisotopic (exact) mass is 309 g/mol. The molecule has 1 N–H and O–H groups in total. The summed E-state index contributed by atoms with van der Waals surface area (Å²) in [6.45, 7) is 2.28. The molecule has 0 bridgehead atoms. The molecule has 1 aliphatic heterocycles. The lowest BCUT2D eigenvalue weighted by atomic mass is 10.1. The molecule has 0 unspecified atom stereocenters. The summed E-state index contributed by atoms with van der Waals surface area (Å²) in [7, 11) is 0. The van der Waals surface area contributed by atoms with Crippen molar-refractivity contribution in [3.8, 4) is 0 Å². The quantitative estimate of drug-likeness (QED) is 0.879. The molecule has 0 atom stereocenters. The van der Waals surface area contributed by atoms with Gasteiger partial charge < -0.3 is 5.32 Å². The van der Waals surface area contributed by atoms with Gasteiger partial charge in [0.05, 0.1) is 23.0 Å². The second-order valence-corrected chi connectivity index (χ2v) is 5.22. The van der Waals surface area contributed by atoms with Gasteiger partial charge in [-0.05, 0) is 36.8 Å². The van der Waals surface area contributed by atoms with E-state index < -0.39 is 0 Å². The van der Waals surface area contributed by atoms with E-state index >= 15 is 0 Å². The van der Waals surface area contributed by atoms with Crippen molar-refractivity contribution in [3.63, 3.8) is 0 Å². The molecule has 0 saturated heterocycles.